The van der Waals surface area contributed by atoms with Gasteiger partial charge < -0.3 is 4.90 Å². The van der Waals surface area contributed by atoms with Crippen LogP contribution in [0.3, 0.4) is 0 Å². The van der Waals surface area contributed by atoms with Crippen LogP contribution in [0.1, 0.15) is 49.7 Å². The molecule has 1 aliphatic rings. The summed E-state index contributed by atoms with van der Waals surface area (Å²) in [7, 11) is 0. The number of hydrogen-bond acceptors (Lipinski definition) is 5. The second kappa shape index (κ2) is 8.94. The molecule has 0 unspecified atom stereocenters. The van der Waals surface area contributed by atoms with Crippen molar-refractivity contribution in [2.45, 2.75) is 58.8 Å². The summed E-state index contributed by atoms with van der Waals surface area (Å²) in [6.45, 7) is 11.2. The van der Waals surface area contributed by atoms with Crippen LogP contribution in [0.15, 0.2) is 18.2 Å². The van der Waals surface area contributed by atoms with E-state index in [0.717, 1.165) is 25.2 Å². The van der Waals surface area contributed by atoms with Crippen molar-refractivity contribution in [2.75, 3.05) is 26.2 Å². The Hall–Kier alpha value is -2.49. The fourth-order valence-corrected chi connectivity index (χ4v) is 3.76. The second-order valence-corrected chi connectivity index (χ2v) is 8.89. The molecule has 1 aliphatic heterocycles. The number of tetrazole rings is 1. The lowest BCUT2D eigenvalue weighted by atomic mass is 9.99. The van der Waals surface area contributed by atoms with E-state index in [2.05, 4.69) is 41.1 Å². The van der Waals surface area contributed by atoms with Gasteiger partial charge >= 0.3 is 6.18 Å². The number of benzene rings is 1. The average molecular weight is 438 g/mol. The lowest BCUT2D eigenvalue weighted by Crippen LogP contribution is -2.54. The van der Waals surface area contributed by atoms with Gasteiger partial charge in [-0.15, -0.1) is 10.2 Å². The van der Waals surface area contributed by atoms with Crippen LogP contribution in [0.4, 0.5) is 13.2 Å². The summed E-state index contributed by atoms with van der Waals surface area (Å²) in [5, 5.41) is 11.7. The van der Waals surface area contributed by atoms with E-state index >= 15 is 0 Å². The van der Waals surface area contributed by atoms with Crippen LogP contribution < -0.4 is 0 Å². The zero-order valence-corrected chi connectivity index (χ0v) is 18.4. The van der Waals surface area contributed by atoms with E-state index in [1.807, 2.05) is 4.90 Å². The molecule has 0 radical (unpaired) electrons. The number of aryl methyl sites for hydroxylation is 2. The molecule has 0 aliphatic carbocycles. The zero-order valence-electron chi connectivity index (χ0n) is 18.4. The summed E-state index contributed by atoms with van der Waals surface area (Å²) in [5.74, 6) is 0.465. The molecule has 7 nitrogen and oxygen atoms in total. The molecule has 0 atom stereocenters. The van der Waals surface area contributed by atoms with E-state index in [0.29, 0.717) is 36.5 Å². The summed E-state index contributed by atoms with van der Waals surface area (Å²) >= 11 is 0. The lowest BCUT2D eigenvalue weighted by Gasteiger charge is -2.42. The number of rotatable bonds is 5. The third-order valence-corrected chi connectivity index (χ3v) is 5.59. The summed E-state index contributed by atoms with van der Waals surface area (Å²) in [4.78, 5) is 18.2. The molecule has 31 heavy (non-hydrogen) atoms. The first-order valence-electron chi connectivity index (χ1n) is 10.4. The van der Waals surface area contributed by atoms with Crippen LogP contribution >= 0.6 is 0 Å². The summed E-state index contributed by atoms with van der Waals surface area (Å²) in [6.07, 6.45) is -3.83. The van der Waals surface area contributed by atoms with Gasteiger partial charge in [-0.3, -0.25) is 9.69 Å². The average Bonchev–Trinajstić information content (AvgIpc) is 3.10. The fourth-order valence-electron chi connectivity index (χ4n) is 3.76. The first kappa shape index (κ1) is 23.2. The van der Waals surface area contributed by atoms with E-state index in [9.17, 15) is 18.0 Å². The third-order valence-electron chi connectivity index (χ3n) is 5.59. The SMILES string of the molecule is Cc1nnn(Cc2cc(C(F)(F)F)ccc2CCC(=O)N2CCN(C(C)(C)C)CC2)n1. The number of aromatic nitrogens is 4. The topological polar surface area (TPSA) is 67.2 Å². The highest BCUT2D eigenvalue weighted by molar-refractivity contribution is 5.76. The number of carbonyl (C=O) groups excluding carboxylic acids is 1. The first-order valence-corrected chi connectivity index (χ1v) is 10.4. The van der Waals surface area contributed by atoms with Crippen molar-refractivity contribution in [1.82, 2.24) is 30.0 Å². The molecule has 0 saturated carbocycles. The molecule has 2 aromatic rings. The molecule has 1 amide bonds. The molecule has 1 aromatic carbocycles. The Morgan fingerprint density at radius 2 is 1.74 bits per heavy atom. The van der Waals surface area contributed by atoms with Gasteiger partial charge in [0.05, 0.1) is 12.1 Å². The largest absolute Gasteiger partial charge is 0.416 e. The van der Waals surface area contributed by atoms with Gasteiger partial charge in [0.1, 0.15) is 0 Å². The van der Waals surface area contributed by atoms with Gasteiger partial charge in [0, 0.05) is 38.1 Å². The Balaban J connectivity index is 1.68. The van der Waals surface area contributed by atoms with Crippen LogP contribution in [-0.4, -0.2) is 67.6 Å². The van der Waals surface area contributed by atoms with Gasteiger partial charge in [0.25, 0.3) is 0 Å². The molecule has 0 bridgehead atoms. The fraction of sp³-hybridized carbons (Fsp3) is 0.619. The van der Waals surface area contributed by atoms with E-state index in [-0.39, 0.29) is 24.4 Å². The standard InChI is InChI=1S/C21H29F3N6O/c1-15-25-27-30(26-15)14-17-13-18(21(22,23)24)7-5-16(17)6-8-19(31)28-9-11-29(12-10-28)20(2,3)4/h5,7,13H,6,8-12,14H2,1-4H3. The highest BCUT2D eigenvalue weighted by atomic mass is 19.4. The second-order valence-electron chi connectivity index (χ2n) is 8.89. The highest BCUT2D eigenvalue weighted by Gasteiger charge is 2.31. The highest BCUT2D eigenvalue weighted by Crippen LogP contribution is 2.31. The summed E-state index contributed by atoms with van der Waals surface area (Å²) in [6, 6.07) is 3.62. The molecule has 170 valence electrons. The predicted molar refractivity (Wildman–Crippen MR) is 109 cm³/mol. The minimum Gasteiger partial charge on any atom is -0.340 e. The molecule has 3 rings (SSSR count). The van der Waals surface area contributed by atoms with Crippen molar-refractivity contribution in [3.8, 4) is 0 Å². The molecular formula is C21H29F3N6O. The Morgan fingerprint density at radius 3 is 2.29 bits per heavy atom. The van der Waals surface area contributed by atoms with Gasteiger partial charge in [-0.2, -0.15) is 18.0 Å². The lowest BCUT2D eigenvalue weighted by molar-refractivity contribution is -0.137. The van der Waals surface area contributed by atoms with Crippen LogP contribution in [0, 0.1) is 6.92 Å². The molecule has 0 N–H and O–H groups in total. The Bertz CT molecular complexity index is 911. The number of piperazine rings is 1. The van der Waals surface area contributed by atoms with Crippen molar-refractivity contribution in [3.63, 3.8) is 0 Å². The molecule has 0 spiro atoms. The number of amides is 1. The number of nitrogens with zero attached hydrogens (tertiary/aromatic N) is 6. The molecule has 10 heteroatoms. The molecular weight excluding hydrogens is 409 g/mol. The Kier molecular flexibility index (Phi) is 6.68. The zero-order chi connectivity index (χ0) is 22.8. The normalized spacial score (nSPS) is 16.0. The van der Waals surface area contributed by atoms with Crippen LogP contribution in [-0.2, 0) is 23.9 Å². The van der Waals surface area contributed by atoms with Crippen molar-refractivity contribution >= 4 is 5.91 Å². The number of hydrogen-bond donors (Lipinski definition) is 0. The monoisotopic (exact) mass is 438 g/mol. The third kappa shape index (κ3) is 6.03. The van der Waals surface area contributed by atoms with Crippen molar-refractivity contribution in [2.24, 2.45) is 0 Å². The van der Waals surface area contributed by atoms with Gasteiger partial charge in [0.2, 0.25) is 5.91 Å². The molecule has 2 heterocycles. The molecule has 1 aromatic heterocycles. The minimum atomic E-state index is -4.44. The first-order chi connectivity index (χ1) is 14.4. The molecule has 1 fully saturated rings. The number of alkyl halides is 3. The van der Waals surface area contributed by atoms with Gasteiger partial charge in [-0.25, -0.2) is 0 Å². The Morgan fingerprint density at radius 1 is 1.06 bits per heavy atom. The maximum atomic E-state index is 13.2. The van der Waals surface area contributed by atoms with Gasteiger partial charge in [-0.05, 0) is 62.6 Å². The summed E-state index contributed by atoms with van der Waals surface area (Å²) in [5.41, 5.74) is 0.466. The van der Waals surface area contributed by atoms with E-state index in [1.54, 1.807) is 6.92 Å². The minimum absolute atomic E-state index is 0.0223. The van der Waals surface area contributed by atoms with Crippen LogP contribution in [0.2, 0.25) is 0 Å². The predicted octanol–water partition coefficient (Wildman–Crippen LogP) is 2.92. The number of carbonyl (C=O) groups is 1. The summed E-state index contributed by atoms with van der Waals surface area (Å²) < 4.78 is 39.6. The van der Waals surface area contributed by atoms with Crippen molar-refractivity contribution in [1.29, 1.82) is 0 Å². The van der Waals surface area contributed by atoms with Gasteiger partial charge in [0.15, 0.2) is 5.82 Å². The van der Waals surface area contributed by atoms with E-state index < -0.39 is 11.7 Å². The quantitative estimate of drug-likeness (QED) is 0.718. The van der Waals surface area contributed by atoms with E-state index in [1.165, 1.54) is 10.9 Å². The van der Waals surface area contributed by atoms with Crippen molar-refractivity contribution in [3.05, 3.63) is 40.7 Å². The van der Waals surface area contributed by atoms with Crippen LogP contribution in [0.25, 0.3) is 0 Å². The van der Waals surface area contributed by atoms with Crippen LogP contribution in [0.5, 0.6) is 0 Å². The van der Waals surface area contributed by atoms with Crippen molar-refractivity contribution < 1.29 is 18.0 Å². The van der Waals surface area contributed by atoms with Gasteiger partial charge in [-0.1, -0.05) is 6.07 Å². The number of halogens is 3. The maximum Gasteiger partial charge on any atom is 0.416 e. The molecule has 1 saturated heterocycles. The Labute approximate surface area is 180 Å². The maximum absolute atomic E-state index is 13.2. The smallest absolute Gasteiger partial charge is 0.340 e. The van der Waals surface area contributed by atoms with E-state index in [4.69, 9.17) is 0 Å².